The number of rotatable bonds is 8. The van der Waals surface area contributed by atoms with Gasteiger partial charge < -0.3 is 21.1 Å². The Hall–Kier alpha value is -2.81. The highest BCUT2D eigenvalue weighted by Crippen LogP contribution is 2.25. The van der Waals surface area contributed by atoms with E-state index in [0.29, 0.717) is 17.0 Å². The third kappa shape index (κ3) is 8.41. The van der Waals surface area contributed by atoms with Crippen LogP contribution in [0.25, 0.3) is 0 Å². The number of urea groups is 2. The molecule has 1 aromatic rings. The zero-order chi connectivity index (χ0) is 20.4. The van der Waals surface area contributed by atoms with E-state index in [1.165, 1.54) is 0 Å². The van der Waals surface area contributed by atoms with Crippen LogP contribution in [0.3, 0.4) is 0 Å². The molecule has 1 rings (SSSR count). The number of imide groups is 1. The summed E-state index contributed by atoms with van der Waals surface area (Å²) in [5.41, 5.74) is 5.61. The number of esters is 1. The van der Waals surface area contributed by atoms with Crippen molar-refractivity contribution in [2.45, 2.75) is 38.8 Å². The summed E-state index contributed by atoms with van der Waals surface area (Å²) in [4.78, 5) is 46.4. The van der Waals surface area contributed by atoms with E-state index in [2.05, 4.69) is 10.6 Å². The van der Waals surface area contributed by atoms with Crippen molar-refractivity contribution in [3.05, 3.63) is 34.9 Å². The van der Waals surface area contributed by atoms with Crippen molar-refractivity contribution < 1.29 is 23.9 Å². The molecular formula is C17H23ClN4O5. The van der Waals surface area contributed by atoms with Crippen LogP contribution in [0.2, 0.25) is 5.02 Å². The lowest BCUT2D eigenvalue weighted by Gasteiger charge is -2.18. The molecule has 27 heavy (non-hydrogen) atoms. The number of primary amides is 1. The van der Waals surface area contributed by atoms with Crippen molar-refractivity contribution in [1.29, 1.82) is 0 Å². The average molecular weight is 399 g/mol. The van der Waals surface area contributed by atoms with E-state index in [1.807, 2.05) is 12.2 Å². The topological polar surface area (TPSA) is 140 Å². The fraction of sp³-hybridized carbons (Fsp3) is 0.412. The van der Waals surface area contributed by atoms with Crippen molar-refractivity contribution in [1.82, 2.24) is 16.0 Å². The molecule has 148 valence electrons. The Morgan fingerprint density at radius 2 is 1.85 bits per heavy atom. The molecule has 0 aliphatic rings. The number of carbonyl (C=O) groups excluding carboxylic acids is 4. The van der Waals surface area contributed by atoms with Crippen LogP contribution in [0, 0.1) is 0 Å². The quantitative estimate of drug-likeness (QED) is 0.492. The molecule has 0 bridgehead atoms. The SMILES string of the molecule is CC[C@H](C)NC(=O)NC(=O)COC(=O)C[C@H](NC(N)=O)c1ccccc1Cl. The molecule has 0 saturated heterocycles. The smallest absolute Gasteiger partial charge is 0.321 e. The fourth-order valence-corrected chi connectivity index (χ4v) is 2.33. The van der Waals surface area contributed by atoms with Gasteiger partial charge in [0.25, 0.3) is 5.91 Å². The summed E-state index contributed by atoms with van der Waals surface area (Å²) in [6.07, 6.45) is 0.409. The van der Waals surface area contributed by atoms with Gasteiger partial charge in [-0.1, -0.05) is 36.7 Å². The van der Waals surface area contributed by atoms with Gasteiger partial charge in [0, 0.05) is 11.1 Å². The van der Waals surface area contributed by atoms with Gasteiger partial charge in [-0.05, 0) is 25.0 Å². The van der Waals surface area contributed by atoms with E-state index in [0.717, 1.165) is 0 Å². The summed E-state index contributed by atoms with van der Waals surface area (Å²) in [6, 6.07) is 4.17. The molecule has 0 fully saturated rings. The van der Waals surface area contributed by atoms with Gasteiger partial charge in [-0.2, -0.15) is 0 Å². The standard InChI is InChI=1S/C17H23ClN4O5/c1-3-10(2)20-17(26)22-14(23)9-27-15(24)8-13(21-16(19)25)11-6-4-5-7-12(11)18/h4-7,10,13H,3,8-9H2,1-2H3,(H3,19,21,25)(H2,20,22,23,26)/t10-,13-/m0/s1. The molecule has 0 radical (unpaired) electrons. The van der Waals surface area contributed by atoms with Crippen LogP contribution >= 0.6 is 11.6 Å². The minimum Gasteiger partial charge on any atom is -0.455 e. The number of ether oxygens (including phenoxy) is 1. The Bertz CT molecular complexity index is 698. The van der Waals surface area contributed by atoms with Gasteiger partial charge in [0.05, 0.1) is 12.5 Å². The number of benzene rings is 1. The third-order valence-corrected chi connectivity index (χ3v) is 3.92. The third-order valence-electron chi connectivity index (χ3n) is 3.57. The summed E-state index contributed by atoms with van der Waals surface area (Å²) in [7, 11) is 0. The molecule has 9 nitrogen and oxygen atoms in total. The Kier molecular flexibility index (Phi) is 9.07. The summed E-state index contributed by atoms with van der Waals surface area (Å²) in [5.74, 6) is -1.55. The lowest BCUT2D eigenvalue weighted by atomic mass is 10.0. The molecule has 0 spiro atoms. The fourth-order valence-electron chi connectivity index (χ4n) is 2.06. The first-order valence-corrected chi connectivity index (χ1v) is 8.67. The zero-order valence-corrected chi connectivity index (χ0v) is 15.8. The van der Waals surface area contributed by atoms with E-state index in [4.69, 9.17) is 22.1 Å². The molecule has 2 atom stereocenters. The van der Waals surface area contributed by atoms with Gasteiger partial charge in [0.15, 0.2) is 6.61 Å². The molecule has 0 aliphatic carbocycles. The van der Waals surface area contributed by atoms with Crippen LogP contribution in [0.5, 0.6) is 0 Å². The van der Waals surface area contributed by atoms with E-state index >= 15 is 0 Å². The van der Waals surface area contributed by atoms with Crippen LogP contribution in [-0.4, -0.2) is 36.6 Å². The number of halogens is 1. The molecule has 5 amide bonds. The summed E-state index contributed by atoms with van der Waals surface area (Å²) < 4.78 is 4.84. The molecule has 10 heteroatoms. The van der Waals surface area contributed by atoms with E-state index in [1.54, 1.807) is 31.2 Å². The van der Waals surface area contributed by atoms with Gasteiger partial charge >= 0.3 is 18.0 Å². The maximum Gasteiger partial charge on any atom is 0.321 e. The van der Waals surface area contributed by atoms with Crippen LogP contribution in [0.1, 0.15) is 38.3 Å². The highest BCUT2D eigenvalue weighted by Gasteiger charge is 2.21. The van der Waals surface area contributed by atoms with Crippen molar-refractivity contribution in [3.63, 3.8) is 0 Å². The Balaban J connectivity index is 2.57. The Morgan fingerprint density at radius 1 is 1.19 bits per heavy atom. The van der Waals surface area contributed by atoms with Crippen LogP contribution in [0.15, 0.2) is 24.3 Å². The predicted molar refractivity (Wildman–Crippen MR) is 98.9 cm³/mol. The molecule has 0 unspecified atom stereocenters. The number of amides is 5. The van der Waals surface area contributed by atoms with Crippen molar-refractivity contribution in [3.8, 4) is 0 Å². The number of nitrogens with one attached hydrogen (secondary N) is 3. The van der Waals surface area contributed by atoms with E-state index in [9.17, 15) is 19.2 Å². The lowest BCUT2D eigenvalue weighted by Crippen LogP contribution is -2.44. The van der Waals surface area contributed by atoms with Gasteiger partial charge in [-0.25, -0.2) is 9.59 Å². The Labute approximate surface area is 161 Å². The zero-order valence-electron chi connectivity index (χ0n) is 15.1. The van der Waals surface area contributed by atoms with Crippen LogP contribution < -0.4 is 21.7 Å². The van der Waals surface area contributed by atoms with Crippen molar-refractivity contribution in [2.75, 3.05) is 6.61 Å². The predicted octanol–water partition coefficient (Wildman–Crippen LogP) is 1.61. The number of hydrogen-bond donors (Lipinski definition) is 4. The summed E-state index contributed by atoms with van der Waals surface area (Å²) >= 11 is 6.07. The first-order valence-electron chi connectivity index (χ1n) is 8.29. The number of nitrogens with two attached hydrogens (primary N) is 1. The highest BCUT2D eigenvalue weighted by atomic mass is 35.5. The normalized spacial score (nSPS) is 12.4. The van der Waals surface area contributed by atoms with Gasteiger partial charge in [-0.3, -0.25) is 14.9 Å². The second kappa shape index (κ2) is 11.0. The average Bonchev–Trinajstić information content (AvgIpc) is 2.59. The van der Waals surface area contributed by atoms with Gasteiger partial charge in [0.1, 0.15) is 0 Å². The van der Waals surface area contributed by atoms with Gasteiger partial charge in [-0.15, -0.1) is 0 Å². The minimum absolute atomic E-state index is 0.100. The summed E-state index contributed by atoms with van der Waals surface area (Å²) in [5, 5.41) is 7.33. The number of hydrogen-bond acceptors (Lipinski definition) is 5. The molecule has 5 N–H and O–H groups in total. The van der Waals surface area contributed by atoms with Crippen molar-refractivity contribution in [2.24, 2.45) is 5.73 Å². The van der Waals surface area contributed by atoms with Crippen LogP contribution in [0.4, 0.5) is 9.59 Å². The number of carbonyl (C=O) groups is 4. The maximum atomic E-state index is 12.0. The maximum absolute atomic E-state index is 12.0. The molecule has 0 heterocycles. The van der Waals surface area contributed by atoms with Crippen molar-refractivity contribution >= 4 is 35.5 Å². The monoisotopic (exact) mass is 398 g/mol. The molecular weight excluding hydrogens is 376 g/mol. The second-order valence-electron chi connectivity index (χ2n) is 5.78. The van der Waals surface area contributed by atoms with E-state index in [-0.39, 0.29) is 12.5 Å². The first kappa shape index (κ1) is 22.2. The second-order valence-corrected chi connectivity index (χ2v) is 6.19. The molecule has 0 aromatic heterocycles. The summed E-state index contributed by atoms with van der Waals surface area (Å²) in [6.45, 7) is 3.02. The molecule has 0 aliphatic heterocycles. The molecule has 1 aromatic carbocycles. The molecule has 0 saturated carbocycles. The van der Waals surface area contributed by atoms with E-state index < -0.39 is 36.6 Å². The first-order chi connectivity index (χ1) is 12.7. The minimum atomic E-state index is -0.841. The Morgan fingerprint density at radius 3 is 2.44 bits per heavy atom. The highest BCUT2D eigenvalue weighted by molar-refractivity contribution is 6.31. The lowest BCUT2D eigenvalue weighted by molar-refractivity contribution is -0.148. The van der Waals surface area contributed by atoms with Gasteiger partial charge in [0.2, 0.25) is 0 Å². The largest absolute Gasteiger partial charge is 0.455 e. The van der Waals surface area contributed by atoms with Crippen LogP contribution in [-0.2, 0) is 14.3 Å².